The summed E-state index contributed by atoms with van der Waals surface area (Å²) in [4.78, 5) is 27.5. The highest BCUT2D eigenvalue weighted by molar-refractivity contribution is 8.04. The summed E-state index contributed by atoms with van der Waals surface area (Å²) in [6, 6.07) is 7.24. The summed E-state index contributed by atoms with van der Waals surface area (Å²) < 4.78 is 13.4. The molecule has 0 radical (unpaired) electrons. The van der Waals surface area contributed by atoms with Crippen molar-refractivity contribution >= 4 is 57.8 Å². The van der Waals surface area contributed by atoms with Gasteiger partial charge in [0.15, 0.2) is 0 Å². The van der Waals surface area contributed by atoms with Crippen LogP contribution in [0.4, 0.5) is 10.1 Å². The average molecular weight is 384 g/mol. The predicted octanol–water partition coefficient (Wildman–Crippen LogP) is 3.55. The van der Waals surface area contributed by atoms with Crippen molar-refractivity contribution in [2.24, 2.45) is 0 Å². The van der Waals surface area contributed by atoms with E-state index in [2.05, 4.69) is 0 Å². The molecule has 0 bridgehead atoms. The number of imide groups is 1. The number of carbonyl (C=O) groups excluding carboxylic acids is 2. The molecular formula is C16H11ClFNO3S2. The molecule has 1 N–H and O–H groups in total. The van der Waals surface area contributed by atoms with E-state index in [0.717, 1.165) is 22.7 Å². The first-order valence-electron chi connectivity index (χ1n) is 6.90. The van der Waals surface area contributed by atoms with Gasteiger partial charge in [0.05, 0.1) is 27.8 Å². The van der Waals surface area contributed by atoms with Crippen LogP contribution in [0.5, 0.6) is 0 Å². The van der Waals surface area contributed by atoms with Gasteiger partial charge in [0.1, 0.15) is 5.82 Å². The highest BCUT2D eigenvalue weighted by Gasteiger charge is 2.40. The Morgan fingerprint density at radius 3 is 2.67 bits per heavy atom. The van der Waals surface area contributed by atoms with E-state index in [4.69, 9.17) is 16.7 Å². The lowest BCUT2D eigenvalue weighted by Gasteiger charge is -2.15. The van der Waals surface area contributed by atoms with Gasteiger partial charge in [-0.25, -0.2) is 9.29 Å². The smallest absolute Gasteiger partial charge is 0.272 e. The van der Waals surface area contributed by atoms with E-state index in [-0.39, 0.29) is 22.2 Å². The lowest BCUT2D eigenvalue weighted by Crippen LogP contribution is -2.31. The molecule has 3 rings (SSSR count). The highest BCUT2D eigenvalue weighted by atomic mass is 35.5. The lowest BCUT2D eigenvalue weighted by molar-refractivity contribution is -0.119. The number of halogens is 2. The van der Waals surface area contributed by atoms with E-state index in [9.17, 15) is 14.0 Å². The maximum Gasteiger partial charge on any atom is 0.272 e. The molecule has 1 aliphatic heterocycles. The van der Waals surface area contributed by atoms with Crippen LogP contribution in [-0.4, -0.2) is 29.3 Å². The maximum absolute atomic E-state index is 13.4. The van der Waals surface area contributed by atoms with Gasteiger partial charge in [0.25, 0.3) is 11.8 Å². The van der Waals surface area contributed by atoms with Gasteiger partial charge >= 0.3 is 0 Å². The minimum atomic E-state index is -0.624. The van der Waals surface area contributed by atoms with Crippen LogP contribution in [0.15, 0.2) is 40.6 Å². The molecule has 0 aliphatic carbocycles. The summed E-state index contributed by atoms with van der Waals surface area (Å²) in [5, 5.41) is 10.7. The zero-order chi connectivity index (χ0) is 17.3. The molecule has 0 saturated carbocycles. The SMILES string of the molecule is O=C1C(SCCO)=C(c2cccs2)C(=O)N1c1ccc(F)c(Cl)c1. The van der Waals surface area contributed by atoms with Gasteiger partial charge in [-0.05, 0) is 29.6 Å². The van der Waals surface area contributed by atoms with Gasteiger partial charge in [0, 0.05) is 10.6 Å². The number of nitrogens with zero attached hydrogens (tertiary/aromatic N) is 1. The summed E-state index contributed by atoms with van der Waals surface area (Å²) in [5.41, 5.74) is 0.513. The second-order valence-electron chi connectivity index (χ2n) is 4.80. The fourth-order valence-electron chi connectivity index (χ4n) is 2.29. The Morgan fingerprint density at radius 2 is 2.04 bits per heavy atom. The molecule has 2 aromatic rings. The third kappa shape index (κ3) is 3.00. The van der Waals surface area contributed by atoms with Gasteiger partial charge in [-0.1, -0.05) is 17.7 Å². The average Bonchev–Trinajstić information content (AvgIpc) is 3.15. The summed E-state index contributed by atoms with van der Waals surface area (Å²) in [6.45, 7) is -0.115. The molecule has 4 nitrogen and oxygen atoms in total. The molecule has 0 unspecified atom stereocenters. The minimum absolute atomic E-state index is 0.115. The third-order valence-corrected chi connectivity index (χ3v) is 5.54. The van der Waals surface area contributed by atoms with Gasteiger partial charge in [-0.2, -0.15) is 0 Å². The molecule has 1 aromatic carbocycles. The number of carbonyl (C=O) groups is 2. The van der Waals surface area contributed by atoms with Gasteiger partial charge in [-0.15, -0.1) is 23.1 Å². The molecule has 0 fully saturated rings. The van der Waals surface area contributed by atoms with Crippen molar-refractivity contribution in [2.75, 3.05) is 17.3 Å². The molecule has 2 heterocycles. The Balaban J connectivity index is 2.05. The fourth-order valence-corrected chi connectivity index (χ4v) is 4.15. The molecule has 0 spiro atoms. The third-order valence-electron chi connectivity index (χ3n) is 3.31. The maximum atomic E-state index is 13.4. The first kappa shape index (κ1) is 17.2. The Kier molecular flexibility index (Phi) is 5.05. The number of hydrogen-bond acceptors (Lipinski definition) is 5. The number of thioether (sulfide) groups is 1. The Hall–Kier alpha value is -1.67. The van der Waals surface area contributed by atoms with E-state index in [1.165, 1.54) is 23.5 Å². The largest absolute Gasteiger partial charge is 0.396 e. The molecule has 1 aliphatic rings. The van der Waals surface area contributed by atoms with Crippen LogP contribution in [0.1, 0.15) is 4.88 Å². The quantitative estimate of drug-likeness (QED) is 0.802. The Bertz CT molecular complexity index is 836. The van der Waals surface area contributed by atoms with E-state index in [0.29, 0.717) is 16.2 Å². The molecule has 0 saturated heterocycles. The van der Waals surface area contributed by atoms with E-state index >= 15 is 0 Å². The van der Waals surface area contributed by atoms with Crippen molar-refractivity contribution in [3.8, 4) is 0 Å². The number of aliphatic hydroxyl groups is 1. The number of thiophene rings is 1. The molecule has 0 atom stereocenters. The normalized spacial score (nSPS) is 14.9. The number of hydrogen-bond donors (Lipinski definition) is 1. The van der Waals surface area contributed by atoms with E-state index in [1.807, 2.05) is 5.38 Å². The minimum Gasteiger partial charge on any atom is -0.396 e. The molecule has 124 valence electrons. The molecular weight excluding hydrogens is 373 g/mol. The van der Waals surface area contributed by atoms with Crippen LogP contribution < -0.4 is 4.90 Å². The second kappa shape index (κ2) is 7.06. The van der Waals surface area contributed by atoms with E-state index < -0.39 is 17.6 Å². The van der Waals surface area contributed by atoms with Crippen LogP contribution >= 0.6 is 34.7 Å². The fraction of sp³-hybridized carbons (Fsp3) is 0.125. The van der Waals surface area contributed by atoms with Crippen molar-refractivity contribution in [1.82, 2.24) is 0 Å². The molecule has 8 heteroatoms. The second-order valence-corrected chi connectivity index (χ2v) is 7.26. The van der Waals surface area contributed by atoms with Gasteiger partial charge in [-0.3, -0.25) is 9.59 Å². The van der Waals surface area contributed by atoms with Crippen LogP contribution in [-0.2, 0) is 9.59 Å². The van der Waals surface area contributed by atoms with Crippen molar-refractivity contribution in [1.29, 1.82) is 0 Å². The van der Waals surface area contributed by atoms with Crippen LogP contribution in [0.2, 0.25) is 5.02 Å². The van der Waals surface area contributed by atoms with Crippen molar-refractivity contribution in [3.63, 3.8) is 0 Å². The Labute approximate surface area is 150 Å². The van der Waals surface area contributed by atoms with Crippen LogP contribution in [0, 0.1) is 5.82 Å². The van der Waals surface area contributed by atoms with Crippen molar-refractivity contribution < 1.29 is 19.1 Å². The summed E-state index contributed by atoms with van der Waals surface area (Å²) in [6.07, 6.45) is 0. The van der Waals surface area contributed by atoms with Gasteiger partial charge < -0.3 is 5.11 Å². The molecule has 1 aromatic heterocycles. The van der Waals surface area contributed by atoms with Gasteiger partial charge in [0.2, 0.25) is 0 Å². The summed E-state index contributed by atoms with van der Waals surface area (Å²) in [7, 11) is 0. The number of aliphatic hydroxyl groups excluding tert-OH is 1. The first-order chi connectivity index (χ1) is 11.5. The zero-order valence-electron chi connectivity index (χ0n) is 12.2. The van der Waals surface area contributed by atoms with Crippen molar-refractivity contribution in [3.05, 3.63) is 56.3 Å². The topological polar surface area (TPSA) is 57.6 Å². The monoisotopic (exact) mass is 383 g/mol. The van der Waals surface area contributed by atoms with Crippen LogP contribution in [0.25, 0.3) is 5.57 Å². The standard InChI is InChI=1S/C16H11ClFNO3S2/c17-10-8-9(3-4-11(10)18)19-15(21)13(12-2-1-6-23-12)14(16(19)22)24-7-5-20/h1-4,6,8,20H,5,7H2. The number of benzene rings is 1. The highest BCUT2D eigenvalue weighted by Crippen LogP contribution is 2.40. The summed E-state index contributed by atoms with van der Waals surface area (Å²) in [5.74, 6) is -1.31. The van der Waals surface area contributed by atoms with Crippen LogP contribution in [0.3, 0.4) is 0 Å². The Morgan fingerprint density at radius 1 is 1.25 bits per heavy atom. The van der Waals surface area contributed by atoms with E-state index in [1.54, 1.807) is 12.1 Å². The zero-order valence-corrected chi connectivity index (χ0v) is 14.6. The lowest BCUT2D eigenvalue weighted by atomic mass is 10.2. The first-order valence-corrected chi connectivity index (χ1v) is 9.14. The molecule has 2 amide bonds. The summed E-state index contributed by atoms with van der Waals surface area (Å²) >= 11 is 8.24. The predicted molar refractivity (Wildman–Crippen MR) is 94.7 cm³/mol. The number of anilines is 1. The number of rotatable bonds is 5. The molecule has 24 heavy (non-hydrogen) atoms. The van der Waals surface area contributed by atoms with Crippen molar-refractivity contribution in [2.45, 2.75) is 0 Å². The number of amides is 2.